The number of benzene rings is 6. The molecule has 0 saturated carbocycles. The van der Waals surface area contributed by atoms with E-state index >= 15 is 0 Å². The number of rotatable bonds is 1. The highest BCUT2D eigenvalue weighted by Crippen LogP contribution is 2.47. The van der Waals surface area contributed by atoms with Gasteiger partial charge in [0.05, 0.1) is 33.1 Å². The van der Waals surface area contributed by atoms with Crippen molar-refractivity contribution in [1.29, 1.82) is 5.26 Å². The average Bonchev–Trinajstić information content (AvgIpc) is 3.69. The van der Waals surface area contributed by atoms with E-state index in [2.05, 4.69) is 106 Å². The third-order valence-electron chi connectivity index (χ3n) is 8.89. The van der Waals surface area contributed by atoms with Crippen molar-refractivity contribution < 1.29 is 0 Å². The molecule has 0 N–H and O–H groups in total. The molecule has 0 saturated heterocycles. The fourth-order valence-electron chi connectivity index (χ4n) is 7.22. The number of nitriles is 1. The SMILES string of the molecule is N#Cc1nc(-n2c3ccccc3c3cc4c5ccccc5n5c6ccc7ccccc7c6c(c32)c45)nc2ccccc12. The summed E-state index contributed by atoms with van der Waals surface area (Å²) in [5.41, 5.74) is 6.76. The topological polar surface area (TPSA) is 58.9 Å². The highest BCUT2D eigenvalue weighted by atomic mass is 15.2. The predicted octanol–water partition coefficient (Wildman–Crippen LogP) is 8.90. The quantitative estimate of drug-likeness (QED) is 0.212. The molecule has 10 rings (SSSR count). The molecule has 0 bridgehead atoms. The normalized spacial score (nSPS) is 12.3. The molecule has 4 heterocycles. The maximum absolute atomic E-state index is 10.1. The number of hydrogen-bond acceptors (Lipinski definition) is 3. The molecule has 5 nitrogen and oxygen atoms in total. The second kappa shape index (κ2) is 7.60. The van der Waals surface area contributed by atoms with Crippen molar-refractivity contribution in [3.63, 3.8) is 0 Å². The number of hydrogen-bond donors (Lipinski definition) is 0. The summed E-state index contributed by atoms with van der Waals surface area (Å²) >= 11 is 0. The minimum absolute atomic E-state index is 0.374. The number of para-hydroxylation sites is 3. The first-order valence-corrected chi connectivity index (χ1v) is 14.0. The van der Waals surface area contributed by atoms with Crippen molar-refractivity contribution >= 4 is 81.6 Å². The minimum atomic E-state index is 0.374. The second-order valence-electron chi connectivity index (χ2n) is 10.9. The van der Waals surface area contributed by atoms with Crippen LogP contribution >= 0.6 is 0 Å². The van der Waals surface area contributed by atoms with Crippen LogP contribution in [-0.2, 0) is 0 Å². The van der Waals surface area contributed by atoms with Gasteiger partial charge in [0.2, 0.25) is 5.95 Å². The zero-order valence-electron chi connectivity index (χ0n) is 22.2. The summed E-state index contributed by atoms with van der Waals surface area (Å²) in [6, 6.07) is 42.6. The van der Waals surface area contributed by atoms with Crippen molar-refractivity contribution in [2.45, 2.75) is 0 Å². The Morgan fingerprint density at radius 1 is 0.524 bits per heavy atom. The first kappa shape index (κ1) is 21.8. The molecule has 0 aliphatic rings. The largest absolute Gasteiger partial charge is 0.308 e. The van der Waals surface area contributed by atoms with Crippen LogP contribution in [0.25, 0.3) is 87.5 Å². The van der Waals surface area contributed by atoms with Crippen LogP contribution in [0.15, 0.2) is 115 Å². The molecule has 0 radical (unpaired) electrons. The molecule has 0 amide bonds. The van der Waals surface area contributed by atoms with E-state index in [1.54, 1.807) is 0 Å². The van der Waals surface area contributed by atoms with Gasteiger partial charge in [0, 0.05) is 37.7 Å². The van der Waals surface area contributed by atoms with E-state index in [-0.39, 0.29) is 0 Å². The van der Waals surface area contributed by atoms with Crippen LogP contribution in [-0.4, -0.2) is 18.9 Å². The molecular formula is C37H19N5. The van der Waals surface area contributed by atoms with Gasteiger partial charge in [-0.3, -0.25) is 4.57 Å². The summed E-state index contributed by atoms with van der Waals surface area (Å²) in [6.45, 7) is 0. The van der Waals surface area contributed by atoms with Crippen molar-refractivity contribution in [2.75, 3.05) is 0 Å². The van der Waals surface area contributed by atoms with Gasteiger partial charge in [0.1, 0.15) is 6.07 Å². The van der Waals surface area contributed by atoms with Gasteiger partial charge in [-0.25, -0.2) is 9.97 Å². The Labute approximate surface area is 238 Å². The Hall–Kier alpha value is -5.99. The second-order valence-corrected chi connectivity index (χ2v) is 10.9. The van der Waals surface area contributed by atoms with E-state index in [0.29, 0.717) is 11.6 Å². The monoisotopic (exact) mass is 533 g/mol. The fraction of sp³-hybridized carbons (Fsp3) is 0. The van der Waals surface area contributed by atoms with Crippen molar-refractivity contribution in [2.24, 2.45) is 0 Å². The highest BCUT2D eigenvalue weighted by molar-refractivity contribution is 6.37. The molecule has 10 aromatic rings. The van der Waals surface area contributed by atoms with Crippen LogP contribution in [0.2, 0.25) is 0 Å². The molecule has 0 aliphatic carbocycles. The number of aromatic nitrogens is 4. The van der Waals surface area contributed by atoms with Gasteiger partial charge in [-0.05, 0) is 47.2 Å². The zero-order valence-corrected chi connectivity index (χ0v) is 22.2. The molecule has 0 fully saturated rings. The summed E-state index contributed by atoms with van der Waals surface area (Å²) < 4.78 is 4.59. The minimum Gasteiger partial charge on any atom is -0.308 e. The molecule has 0 aliphatic heterocycles. The average molecular weight is 534 g/mol. The van der Waals surface area contributed by atoms with Crippen LogP contribution in [0.3, 0.4) is 0 Å². The highest BCUT2D eigenvalue weighted by Gasteiger charge is 2.26. The van der Waals surface area contributed by atoms with Crippen molar-refractivity contribution in [3.8, 4) is 12.0 Å². The van der Waals surface area contributed by atoms with Crippen LogP contribution in [0.4, 0.5) is 0 Å². The summed E-state index contributed by atoms with van der Waals surface area (Å²) in [4.78, 5) is 9.93. The summed E-state index contributed by atoms with van der Waals surface area (Å²) in [5.74, 6) is 0.503. The first-order chi connectivity index (χ1) is 20.8. The predicted molar refractivity (Wildman–Crippen MR) is 171 cm³/mol. The number of nitrogens with zero attached hydrogens (tertiary/aromatic N) is 5. The van der Waals surface area contributed by atoms with Crippen LogP contribution < -0.4 is 0 Å². The third-order valence-corrected chi connectivity index (χ3v) is 8.89. The molecule has 4 aromatic heterocycles. The third kappa shape index (κ3) is 2.53. The zero-order chi connectivity index (χ0) is 27.5. The number of fused-ring (bicyclic) bond motifs is 13. The van der Waals surface area contributed by atoms with Crippen molar-refractivity contribution in [3.05, 3.63) is 121 Å². The van der Waals surface area contributed by atoms with Gasteiger partial charge >= 0.3 is 0 Å². The smallest absolute Gasteiger partial charge is 0.236 e. The van der Waals surface area contributed by atoms with E-state index in [4.69, 9.17) is 9.97 Å². The Kier molecular flexibility index (Phi) is 3.94. The van der Waals surface area contributed by atoms with Gasteiger partial charge < -0.3 is 4.40 Å². The van der Waals surface area contributed by atoms with E-state index < -0.39 is 0 Å². The lowest BCUT2D eigenvalue weighted by Gasteiger charge is -2.10. The molecule has 0 spiro atoms. The molecule has 6 aromatic carbocycles. The van der Waals surface area contributed by atoms with Gasteiger partial charge in [0.15, 0.2) is 5.69 Å². The maximum atomic E-state index is 10.1. The molecule has 5 heteroatoms. The van der Waals surface area contributed by atoms with Crippen molar-refractivity contribution in [1.82, 2.24) is 18.9 Å². The molecule has 42 heavy (non-hydrogen) atoms. The summed E-state index contributed by atoms with van der Waals surface area (Å²) in [5, 5.41) is 20.4. The summed E-state index contributed by atoms with van der Waals surface area (Å²) in [6.07, 6.45) is 0. The van der Waals surface area contributed by atoms with E-state index in [1.165, 1.54) is 48.9 Å². The molecular weight excluding hydrogens is 514 g/mol. The maximum Gasteiger partial charge on any atom is 0.236 e. The van der Waals surface area contributed by atoms with Gasteiger partial charge in [-0.15, -0.1) is 0 Å². The molecule has 0 unspecified atom stereocenters. The Balaban J connectivity index is 1.55. The van der Waals surface area contributed by atoms with Gasteiger partial charge in [-0.1, -0.05) is 78.9 Å². The molecule has 192 valence electrons. The van der Waals surface area contributed by atoms with E-state index in [0.717, 1.165) is 32.7 Å². The van der Waals surface area contributed by atoms with Crippen LogP contribution in [0, 0.1) is 11.3 Å². The lowest BCUT2D eigenvalue weighted by Crippen LogP contribution is -2.03. The lowest BCUT2D eigenvalue weighted by molar-refractivity contribution is 1.00. The van der Waals surface area contributed by atoms with Crippen LogP contribution in [0.1, 0.15) is 5.69 Å². The lowest BCUT2D eigenvalue weighted by atomic mass is 10.00. The Bertz CT molecular complexity index is 2810. The Morgan fingerprint density at radius 2 is 1.19 bits per heavy atom. The standard InChI is InChI=1S/C37H19N5/c38-20-29-25-13-3-6-14-28(25)39-37(40-29)42-31-16-8-5-12-24(31)27-19-26-23-11-4-7-15-30(23)41-32-18-17-21-9-1-2-10-22(21)33(32)34(35(26)41)36(27)42/h1-19H. The fourth-order valence-corrected chi connectivity index (χ4v) is 7.22. The van der Waals surface area contributed by atoms with Gasteiger partial charge in [-0.2, -0.15) is 5.26 Å². The Morgan fingerprint density at radius 3 is 2.02 bits per heavy atom. The molecule has 0 atom stereocenters. The first-order valence-electron chi connectivity index (χ1n) is 14.0. The van der Waals surface area contributed by atoms with Gasteiger partial charge in [0.25, 0.3) is 0 Å². The van der Waals surface area contributed by atoms with E-state index in [1.807, 2.05) is 24.3 Å². The van der Waals surface area contributed by atoms with E-state index in [9.17, 15) is 5.26 Å². The summed E-state index contributed by atoms with van der Waals surface area (Å²) in [7, 11) is 0. The van der Waals surface area contributed by atoms with Crippen LogP contribution in [0.5, 0.6) is 0 Å².